The Kier molecular flexibility index (Phi) is 2.85. The Morgan fingerprint density at radius 2 is 1.95 bits per heavy atom. The van der Waals surface area contributed by atoms with E-state index in [-0.39, 0.29) is 17.6 Å². The monoisotopic (exact) mass is 258 g/mol. The van der Waals surface area contributed by atoms with Crippen LogP contribution in [0.1, 0.15) is 6.42 Å². The minimum atomic E-state index is -0.231. The number of nitrogens with zero attached hydrogens (tertiary/aromatic N) is 1. The summed E-state index contributed by atoms with van der Waals surface area (Å²) in [6.07, 6.45) is 0.802. The predicted molar refractivity (Wildman–Crippen MR) is 73.4 cm³/mol. The van der Waals surface area contributed by atoms with E-state index in [1.54, 1.807) is 6.07 Å². The van der Waals surface area contributed by atoms with Crippen molar-refractivity contribution in [2.24, 2.45) is 11.7 Å². The average Bonchev–Trinajstić information content (AvgIpc) is 2.88. The van der Waals surface area contributed by atoms with Gasteiger partial charge in [-0.1, -0.05) is 12.1 Å². The fourth-order valence-electron chi connectivity index (χ4n) is 2.63. The van der Waals surface area contributed by atoms with Crippen molar-refractivity contribution in [2.75, 3.05) is 18.0 Å². The largest absolute Gasteiger partial charge is 0.371 e. The molecule has 98 valence electrons. The molecule has 1 unspecified atom stereocenters. The number of fused-ring (bicyclic) bond motifs is 1. The lowest BCUT2D eigenvalue weighted by Gasteiger charge is -2.18. The quantitative estimate of drug-likeness (QED) is 0.898. The van der Waals surface area contributed by atoms with Crippen LogP contribution in [0, 0.1) is 11.7 Å². The van der Waals surface area contributed by atoms with Crippen LogP contribution in [0.15, 0.2) is 36.4 Å². The molecule has 1 aliphatic rings. The number of amides is 1. The SMILES string of the molecule is NC(=O)C1CCN(c2ccc3cc(F)ccc3c2)C1. The summed E-state index contributed by atoms with van der Waals surface area (Å²) >= 11 is 0. The Labute approximate surface area is 110 Å². The molecule has 2 aromatic carbocycles. The molecule has 0 spiro atoms. The number of rotatable bonds is 2. The summed E-state index contributed by atoms with van der Waals surface area (Å²) in [5.74, 6) is -0.524. The normalized spacial score (nSPS) is 19.0. The Hall–Kier alpha value is -2.10. The Balaban J connectivity index is 1.90. The molecular formula is C15H15FN2O. The molecule has 0 aromatic heterocycles. The van der Waals surface area contributed by atoms with Gasteiger partial charge in [0.1, 0.15) is 5.82 Å². The van der Waals surface area contributed by atoms with Crippen LogP contribution >= 0.6 is 0 Å². The first-order chi connectivity index (χ1) is 9.13. The number of primary amides is 1. The van der Waals surface area contributed by atoms with E-state index >= 15 is 0 Å². The third-order valence-electron chi connectivity index (χ3n) is 3.74. The van der Waals surface area contributed by atoms with Gasteiger partial charge in [-0.25, -0.2) is 4.39 Å². The molecule has 4 heteroatoms. The molecule has 19 heavy (non-hydrogen) atoms. The van der Waals surface area contributed by atoms with Crippen molar-refractivity contribution in [2.45, 2.75) is 6.42 Å². The van der Waals surface area contributed by atoms with Crippen LogP contribution in [0.25, 0.3) is 10.8 Å². The van der Waals surface area contributed by atoms with E-state index in [0.717, 1.165) is 29.4 Å². The van der Waals surface area contributed by atoms with Crippen LogP contribution in [0.3, 0.4) is 0 Å². The molecule has 3 rings (SSSR count). The summed E-state index contributed by atoms with van der Waals surface area (Å²) in [4.78, 5) is 13.3. The molecule has 0 aliphatic carbocycles. The minimum absolute atomic E-state index is 0.0658. The Morgan fingerprint density at radius 3 is 2.68 bits per heavy atom. The lowest BCUT2D eigenvalue weighted by atomic mass is 10.1. The summed E-state index contributed by atoms with van der Waals surface area (Å²) in [5.41, 5.74) is 6.40. The zero-order valence-corrected chi connectivity index (χ0v) is 10.5. The van der Waals surface area contributed by atoms with E-state index in [4.69, 9.17) is 5.73 Å². The van der Waals surface area contributed by atoms with Gasteiger partial charge in [0.15, 0.2) is 0 Å². The topological polar surface area (TPSA) is 46.3 Å². The molecule has 1 saturated heterocycles. The highest BCUT2D eigenvalue weighted by Crippen LogP contribution is 2.27. The number of hydrogen-bond acceptors (Lipinski definition) is 2. The molecule has 1 aliphatic heterocycles. The van der Waals surface area contributed by atoms with E-state index in [1.807, 2.05) is 18.2 Å². The van der Waals surface area contributed by atoms with Crippen molar-refractivity contribution in [3.63, 3.8) is 0 Å². The number of anilines is 1. The summed E-state index contributed by atoms with van der Waals surface area (Å²) in [5, 5.41) is 1.89. The van der Waals surface area contributed by atoms with Gasteiger partial charge in [0.05, 0.1) is 5.92 Å². The number of carbonyl (C=O) groups excluding carboxylic acids is 1. The van der Waals surface area contributed by atoms with Gasteiger partial charge in [-0.15, -0.1) is 0 Å². The zero-order valence-electron chi connectivity index (χ0n) is 10.5. The molecule has 0 bridgehead atoms. The third kappa shape index (κ3) is 2.26. The summed E-state index contributed by atoms with van der Waals surface area (Å²) in [7, 11) is 0. The smallest absolute Gasteiger partial charge is 0.222 e. The standard InChI is InChI=1S/C15H15FN2O/c16-13-3-1-11-8-14(4-2-10(11)7-13)18-6-5-12(9-18)15(17)19/h1-4,7-8,12H,5-6,9H2,(H2,17,19). The second-order valence-electron chi connectivity index (χ2n) is 5.01. The molecule has 0 radical (unpaired) electrons. The second kappa shape index (κ2) is 4.53. The highest BCUT2D eigenvalue weighted by molar-refractivity contribution is 5.86. The molecule has 0 saturated carbocycles. The fraction of sp³-hybridized carbons (Fsp3) is 0.267. The second-order valence-corrected chi connectivity index (χ2v) is 5.01. The van der Waals surface area contributed by atoms with Crippen molar-refractivity contribution < 1.29 is 9.18 Å². The van der Waals surface area contributed by atoms with Crippen LogP contribution in [0.2, 0.25) is 0 Å². The first-order valence-corrected chi connectivity index (χ1v) is 6.37. The van der Waals surface area contributed by atoms with E-state index < -0.39 is 0 Å². The van der Waals surface area contributed by atoms with Gasteiger partial charge in [0.2, 0.25) is 5.91 Å². The van der Waals surface area contributed by atoms with E-state index in [0.29, 0.717) is 6.54 Å². The van der Waals surface area contributed by atoms with Crippen LogP contribution in [0.4, 0.5) is 10.1 Å². The third-order valence-corrected chi connectivity index (χ3v) is 3.74. The molecule has 3 nitrogen and oxygen atoms in total. The highest BCUT2D eigenvalue weighted by Gasteiger charge is 2.26. The zero-order chi connectivity index (χ0) is 13.4. The molecule has 1 fully saturated rings. The van der Waals surface area contributed by atoms with Crippen LogP contribution in [-0.4, -0.2) is 19.0 Å². The van der Waals surface area contributed by atoms with Crippen LogP contribution in [-0.2, 0) is 4.79 Å². The van der Waals surface area contributed by atoms with Crippen molar-refractivity contribution in [1.82, 2.24) is 0 Å². The van der Waals surface area contributed by atoms with Gasteiger partial charge in [-0.2, -0.15) is 0 Å². The molecule has 2 aromatic rings. The fourth-order valence-corrected chi connectivity index (χ4v) is 2.63. The number of carbonyl (C=O) groups is 1. The van der Waals surface area contributed by atoms with Gasteiger partial charge >= 0.3 is 0 Å². The molecule has 2 N–H and O–H groups in total. The highest BCUT2D eigenvalue weighted by atomic mass is 19.1. The van der Waals surface area contributed by atoms with Gasteiger partial charge in [-0.05, 0) is 41.5 Å². The lowest BCUT2D eigenvalue weighted by molar-refractivity contribution is -0.121. The summed E-state index contributed by atoms with van der Waals surface area (Å²) in [6, 6.07) is 10.7. The van der Waals surface area contributed by atoms with Gasteiger partial charge < -0.3 is 10.6 Å². The van der Waals surface area contributed by atoms with Gasteiger partial charge in [-0.3, -0.25) is 4.79 Å². The first kappa shape index (κ1) is 12.0. The maximum Gasteiger partial charge on any atom is 0.222 e. The van der Waals surface area contributed by atoms with Gasteiger partial charge in [0, 0.05) is 18.8 Å². The summed E-state index contributed by atoms with van der Waals surface area (Å²) < 4.78 is 13.1. The van der Waals surface area contributed by atoms with E-state index in [2.05, 4.69) is 4.90 Å². The van der Waals surface area contributed by atoms with Crippen molar-refractivity contribution in [3.05, 3.63) is 42.2 Å². The minimum Gasteiger partial charge on any atom is -0.371 e. The molecule has 1 amide bonds. The summed E-state index contributed by atoms with van der Waals surface area (Å²) in [6.45, 7) is 1.50. The number of hydrogen-bond donors (Lipinski definition) is 1. The van der Waals surface area contributed by atoms with Crippen molar-refractivity contribution >= 4 is 22.4 Å². The lowest BCUT2D eigenvalue weighted by Crippen LogP contribution is -2.27. The maximum atomic E-state index is 13.1. The van der Waals surface area contributed by atoms with Gasteiger partial charge in [0.25, 0.3) is 0 Å². The van der Waals surface area contributed by atoms with E-state index in [1.165, 1.54) is 12.1 Å². The number of halogens is 1. The van der Waals surface area contributed by atoms with Crippen LogP contribution < -0.4 is 10.6 Å². The van der Waals surface area contributed by atoms with Crippen molar-refractivity contribution in [1.29, 1.82) is 0 Å². The molecule has 1 atom stereocenters. The number of nitrogens with two attached hydrogens (primary N) is 1. The molecular weight excluding hydrogens is 243 g/mol. The number of benzene rings is 2. The maximum absolute atomic E-state index is 13.1. The van der Waals surface area contributed by atoms with E-state index in [9.17, 15) is 9.18 Å². The van der Waals surface area contributed by atoms with Crippen LogP contribution in [0.5, 0.6) is 0 Å². The molecule has 1 heterocycles. The van der Waals surface area contributed by atoms with Crippen molar-refractivity contribution in [3.8, 4) is 0 Å². The Bertz CT molecular complexity index is 641. The average molecular weight is 258 g/mol. The predicted octanol–water partition coefficient (Wildman–Crippen LogP) is 2.29. The Morgan fingerprint density at radius 1 is 1.21 bits per heavy atom. The first-order valence-electron chi connectivity index (χ1n) is 6.37.